The number of hydrogen-bond donors (Lipinski definition) is 1. The maximum Gasteiger partial charge on any atom is 0.337 e. The van der Waals surface area contributed by atoms with Crippen molar-refractivity contribution in [3.05, 3.63) is 34.3 Å². The quantitative estimate of drug-likeness (QED) is 0.815. The van der Waals surface area contributed by atoms with Crippen molar-refractivity contribution in [2.24, 2.45) is 0 Å². The van der Waals surface area contributed by atoms with Gasteiger partial charge in [-0.2, -0.15) is 0 Å². The number of nitrogens with zero attached hydrogens (tertiary/aromatic N) is 2. The van der Waals surface area contributed by atoms with Crippen LogP contribution in [0, 0.1) is 0 Å². The van der Waals surface area contributed by atoms with Crippen LogP contribution in [0.3, 0.4) is 0 Å². The highest BCUT2D eigenvalue weighted by Crippen LogP contribution is 2.41. The van der Waals surface area contributed by atoms with Gasteiger partial charge in [0.15, 0.2) is 5.13 Å². The predicted octanol–water partition coefficient (Wildman–Crippen LogP) is 2.52. The van der Waals surface area contributed by atoms with Gasteiger partial charge in [0, 0.05) is 12.0 Å². The van der Waals surface area contributed by atoms with Crippen LogP contribution in [0.2, 0.25) is 0 Å². The van der Waals surface area contributed by atoms with Gasteiger partial charge in [-0.3, -0.25) is 4.79 Å². The highest BCUT2D eigenvalue weighted by Gasteiger charge is 2.34. The maximum atomic E-state index is 12.4. The Balaban J connectivity index is 1.75. The summed E-state index contributed by atoms with van der Waals surface area (Å²) in [6.45, 7) is 5.07. The molecule has 0 saturated heterocycles. The zero-order chi connectivity index (χ0) is 18.5. The van der Waals surface area contributed by atoms with Gasteiger partial charge in [-0.05, 0) is 32.0 Å². The van der Waals surface area contributed by atoms with E-state index in [2.05, 4.69) is 5.32 Å². The number of nitrogens with one attached hydrogen (secondary N) is 1. The van der Waals surface area contributed by atoms with Crippen LogP contribution >= 0.6 is 11.3 Å². The second-order valence-electron chi connectivity index (χ2n) is 6.96. The number of methoxy groups -OCH3 is 1. The lowest BCUT2D eigenvalue weighted by Gasteiger charge is -2.29. The Kier molecular flexibility index (Phi) is 3.87. The van der Waals surface area contributed by atoms with Crippen molar-refractivity contribution < 1.29 is 19.1 Å². The largest absolute Gasteiger partial charge is 0.490 e. The Morgan fingerprint density at radius 2 is 2.23 bits per heavy atom. The molecule has 2 aliphatic heterocycles. The number of carbonyl (C=O) groups is 2. The number of thiazole rings is 1. The summed E-state index contributed by atoms with van der Waals surface area (Å²) in [6.07, 6.45) is 0.684. The fraction of sp³-hybridized carbons (Fsp3) is 0.389. The van der Waals surface area contributed by atoms with E-state index in [1.807, 2.05) is 18.7 Å². The number of hydrogen-bond acceptors (Lipinski definition) is 7. The van der Waals surface area contributed by atoms with Crippen molar-refractivity contribution in [2.75, 3.05) is 25.2 Å². The van der Waals surface area contributed by atoms with Crippen LogP contribution in [0.5, 0.6) is 5.75 Å². The Hall–Kier alpha value is -2.61. The molecule has 0 bridgehead atoms. The minimum atomic E-state index is -0.405. The minimum absolute atomic E-state index is 0.0863. The first-order valence-electron chi connectivity index (χ1n) is 8.33. The molecule has 1 amide bonds. The number of amides is 1. The van der Waals surface area contributed by atoms with Crippen LogP contribution in [0.4, 0.5) is 10.8 Å². The van der Waals surface area contributed by atoms with Crippen LogP contribution in [0.15, 0.2) is 18.2 Å². The normalized spacial score (nSPS) is 17.7. The highest BCUT2D eigenvalue weighted by atomic mass is 32.1. The van der Waals surface area contributed by atoms with E-state index >= 15 is 0 Å². The highest BCUT2D eigenvalue weighted by molar-refractivity contribution is 7.17. The van der Waals surface area contributed by atoms with Crippen molar-refractivity contribution in [3.63, 3.8) is 0 Å². The maximum absolute atomic E-state index is 12.4. The van der Waals surface area contributed by atoms with Crippen molar-refractivity contribution in [1.29, 1.82) is 0 Å². The summed E-state index contributed by atoms with van der Waals surface area (Å²) in [6, 6.07) is 5.18. The van der Waals surface area contributed by atoms with Crippen LogP contribution in [-0.2, 0) is 11.2 Å². The Labute approximate surface area is 154 Å². The van der Waals surface area contributed by atoms with Crippen LogP contribution in [-0.4, -0.2) is 42.7 Å². The number of anilines is 2. The average Bonchev–Trinajstić information content (AvgIpc) is 3.02. The average molecular weight is 373 g/mol. The smallest absolute Gasteiger partial charge is 0.337 e. The fourth-order valence-corrected chi connectivity index (χ4v) is 4.26. The van der Waals surface area contributed by atoms with Crippen molar-refractivity contribution in [3.8, 4) is 5.75 Å². The van der Waals surface area contributed by atoms with Crippen molar-refractivity contribution >= 4 is 34.0 Å². The number of fused-ring (bicyclic) bond motifs is 2. The van der Waals surface area contributed by atoms with Crippen molar-refractivity contribution in [1.82, 2.24) is 10.3 Å². The summed E-state index contributed by atoms with van der Waals surface area (Å²) in [5.41, 5.74) is 1.71. The second-order valence-corrected chi connectivity index (χ2v) is 7.94. The third-order valence-corrected chi connectivity index (χ3v) is 5.55. The first-order valence-corrected chi connectivity index (χ1v) is 9.14. The lowest BCUT2D eigenvalue weighted by atomic mass is 9.94. The molecule has 7 nitrogen and oxygen atoms in total. The van der Waals surface area contributed by atoms with Crippen LogP contribution in [0.1, 0.15) is 39.6 Å². The monoisotopic (exact) mass is 373 g/mol. The number of carbonyl (C=O) groups excluding carboxylic acids is 2. The first kappa shape index (κ1) is 16.8. The molecule has 4 rings (SSSR count). The topological polar surface area (TPSA) is 80.8 Å². The Morgan fingerprint density at radius 1 is 1.42 bits per heavy atom. The second kappa shape index (κ2) is 5.98. The number of benzene rings is 1. The fourth-order valence-electron chi connectivity index (χ4n) is 3.24. The molecule has 0 radical (unpaired) electrons. The molecule has 0 spiro atoms. The van der Waals surface area contributed by atoms with Gasteiger partial charge in [-0.1, -0.05) is 11.3 Å². The molecule has 0 unspecified atom stereocenters. The molecular formula is C18H19N3O4S. The zero-order valence-electron chi connectivity index (χ0n) is 14.8. The van der Waals surface area contributed by atoms with E-state index in [9.17, 15) is 9.59 Å². The van der Waals surface area contributed by atoms with E-state index in [0.717, 1.165) is 16.5 Å². The van der Waals surface area contributed by atoms with Gasteiger partial charge in [0.05, 0.1) is 30.6 Å². The first-order chi connectivity index (χ1) is 12.4. The zero-order valence-corrected chi connectivity index (χ0v) is 15.6. The molecule has 0 aliphatic carbocycles. The van der Waals surface area contributed by atoms with Gasteiger partial charge in [0.2, 0.25) is 0 Å². The van der Waals surface area contributed by atoms with Gasteiger partial charge in [-0.25, -0.2) is 9.78 Å². The van der Waals surface area contributed by atoms with Gasteiger partial charge in [-0.15, -0.1) is 0 Å². The van der Waals surface area contributed by atoms with E-state index < -0.39 is 5.97 Å². The van der Waals surface area contributed by atoms with Crippen LogP contribution in [0.25, 0.3) is 0 Å². The molecule has 0 fully saturated rings. The molecule has 3 heterocycles. The lowest BCUT2D eigenvalue weighted by molar-refractivity contribution is 0.0600. The Morgan fingerprint density at radius 3 is 3.00 bits per heavy atom. The summed E-state index contributed by atoms with van der Waals surface area (Å²) in [5, 5.41) is 3.74. The van der Waals surface area contributed by atoms with Gasteiger partial charge in [0.1, 0.15) is 17.2 Å². The summed E-state index contributed by atoms with van der Waals surface area (Å²) in [4.78, 5) is 31.6. The van der Waals surface area contributed by atoms with Crippen LogP contribution < -0.4 is 15.0 Å². The molecule has 2 aromatic rings. The lowest BCUT2D eigenvalue weighted by Crippen LogP contribution is -2.48. The molecule has 0 saturated carbocycles. The number of aromatic nitrogens is 1. The Bertz CT molecular complexity index is 906. The predicted molar refractivity (Wildman–Crippen MR) is 97.6 cm³/mol. The standard InChI is InChI=1S/C18H19N3O4S/c1-18(2)9-11-14(15(22)20-18)26-17(19-11)21-6-7-25-13-5-4-10(8-12(13)21)16(23)24-3/h4-5,8H,6-7,9H2,1-3H3,(H,20,22). The van der Waals surface area contributed by atoms with E-state index in [0.29, 0.717) is 35.8 Å². The van der Waals surface area contributed by atoms with E-state index in [1.165, 1.54) is 18.4 Å². The molecule has 2 aliphatic rings. The molecule has 136 valence electrons. The number of ether oxygens (including phenoxy) is 2. The third-order valence-electron chi connectivity index (χ3n) is 4.43. The van der Waals surface area contributed by atoms with Gasteiger partial charge in [0.25, 0.3) is 5.91 Å². The van der Waals surface area contributed by atoms with Crippen molar-refractivity contribution in [2.45, 2.75) is 25.8 Å². The number of rotatable bonds is 2. The van der Waals surface area contributed by atoms with Gasteiger partial charge < -0.3 is 19.7 Å². The summed E-state index contributed by atoms with van der Waals surface area (Å²) < 4.78 is 10.5. The summed E-state index contributed by atoms with van der Waals surface area (Å²) >= 11 is 1.37. The summed E-state index contributed by atoms with van der Waals surface area (Å²) in [5.74, 6) is 0.191. The third kappa shape index (κ3) is 2.80. The van der Waals surface area contributed by atoms with Gasteiger partial charge >= 0.3 is 5.97 Å². The SMILES string of the molecule is COC(=O)c1ccc2c(c1)N(c1nc3c(s1)C(=O)NC(C)(C)C3)CCO2. The molecule has 1 aromatic carbocycles. The number of esters is 1. The summed E-state index contributed by atoms with van der Waals surface area (Å²) in [7, 11) is 1.35. The molecule has 26 heavy (non-hydrogen) atoms. The molecule has 1 N–H and O–H groups in total. The van der Waals surface area contributed by atoms with E-state index in [-0.39, 0.29) is 11.4 Å². The molecule has 8 heteroatoms. The molecule has 0 atom stereocenters. The minimum Gasteiger partial charge on any atom is -0.490 e. The molecular weight excluding hydrogens is 354 g/mol. The van der Waals surface area contributed by atoms with E-state index in [1.54, 1.807) is 18.2 Å². The molecule has 1 aromatic heterocycles. The van der Waals surface area contributed by atoms with E-state index in [4.69, 9.17) is 14.5 Å².